The molecular formula is C20H31N3O5. The third-order valence-electron chi connectivity index (χ3n) is 5.15. The van der Waals surface area contributed by atoms with Gasteiger partial charge in [0.25, 0.3) is 0 Å². The molecule has 3 atom stereocenters. The Bertz CT molecular complexity index is 722. The Hall–Kier alpha value is -2.35. The van der Waals surface area contributed by atoms with Gasteiger partial charge in [0, 0.05) is 12.3 Å². The average Bonchev–Trinajstić information content (AvgIpc) is 2.92. The highest BCUT2D eigenvalue weighted by molar-refractivity contribution is 5.89. The van der Waals surface area contributed by atoms with E-state index in [0.717, 1.165) is 11.1 Å². The van der Waals surface area contributed by atoms with Gasteiger partial charge in [-0.05, 0) is 41.0 Å². The maximum absolute atomic E-state index is 12.7. The molecule has 8 heteroatoms. The van der Waals surface area contributed by atoms with Gasteiger partial charge in [-0.25, -0.2) is 4.79 Å². The second-order valence-corrected chi connectivity index (χ2v) is 8.78. The van der Waals surface area contributed by atoms with E-state index in [1.807, 2.05) is 26.0 Å². The summed E-state index contributed by atoms with van der Waals surface area (Å²) in [6.07, 6.45) is 3.96. The molecule has 156 valence electrons. The summed E-state index contributed by atoms with van der Waals surface area (Å²) in [5, 5.41) is 13.7. The molecule has 28 heavy (non-hydrogen) atoms. The molecule has 8 nitrogen and oxygen atoms in total. The van der Waals surface area contributed by atoms with Gasteiger partial charge >= 0.3 is 6.09 Å². The number of hydrogen-bond acceptors (Lipinski definition) is 5. The van der Waals surface area contributed by atoms with Crippen molar-refractivity contribution in [2.24, 2.45) is 11.7 Å². The highest BCUT2D eigenvalue weighted by atomic mass is 16.6. The van der Waals surface area contributed by atoms with E-state index in [1.165, 1.54) is 4.90 Å². The molecular weight excluding hydrogens is 362 g/mol. The third kappa shape index (κ3) is 5.13. The first-order valence-corrected chi connectivity index (χ1v) is 9.44. The van der Waals surface area contributed by atoms with Gasteiger partial charge < -0.3 is 25.8 Å². The standard InChI is InChI=1S/C20H31N3O5/c1-12-6-7-13(2)14(8-12)20(27)9-15(17(21)25)23(11-20)16(24)10-22-18(26)28-19(3,4)5/h6-7,14-15,27H,8-11H2,1-5H3,(H2,21,25)(H,22,26)/t14?,15-,20-/m0/s1. The number of nitrogens with zero attached hydrogens (tertiary/aromatic N) is 1. The van der Waals surface area contributed by atoms with Crippen LogP contribution in [0, 0.1) is 5.92 Å². The number of aliphatic hydroxyl groups is 1. The second kappa shape index (κ2) is 7.95. The molecule has 1 fully saturated rings. The molecule has 0 aromatic carbocycles. The third-order valence-corrected chi connectivity index (χ3v) is 5.15. The van der Waals surface area contributed by atoms with Crippen LogP contribution < -0.4 is 11.1 Å². The Morgan fingerprint density at radius 3 is 2.54 bits per heavy atom. The fourth-order valence-electron chi connectivity index (χ4n) is 3.80. The van der Waals surface area contributed by atoms with Crippen molar-refractivity contribution in [1.82, 2.24) is 10.2 Å². The number of amides is 3. The number of carbonyl (C=O) groups excluding carboxylic acids is 3. The molecule has 1 saturated heterocycles. The van der Waals surface area contributed by atoms with Gasteiger partial charge in [-0.3, -0.25) is 9.59 Å². The van der Waals surface area contributed by atoms with Crippen LogP contribution in [0.15, 0.2) is 23.3 Å². The Morgan fingerprint density at radius 2 is 1.96 bits per heavy atom. The van der Waals surface area contributed by atoms with Gasteiger partial charge in [0.2, 0.25) is 11.8 Å². The summed E-state index contributed by atoms with van der Waals surface area (Å²) >= 11 is 0. The van der Waals surface area contributed by atoms with Crippen molar-refractivity contribution in [3.8, 4) is 0 Å². The zero-order valence-electron chi connectivity index (χ0n) is 17.2. The molecule has 0 radical (unpaired) electrons. The number of allylic oxidation sites excluding steroid dienone is 3. The number of β-amino-alcohol motifs (C(OH)–C–C–N with tert-alkyl or cyclic N) is 1. The maximum atomic E-state index is 12.7. The first kappa shape index (κ1) is 21.9. The van der Waals surface area contributed by atoms with Crippen LogP contribution in [0.25, 0.3) is 0 Å². The lowest BCUT2D eigenvalue weighted by molar-refractivity contribution is -0.136. The second-order valence-electron chi connectivity index (χ2n) is 8.78. The Balaban J connectivity index is 2.10. The summed E-state index contributed by atoms with van der Waals surface area (Å²) in [6, 6.07) is -0.919. The Labute approximate surface area is 165 Å². The summed E-state index contributed by atoms with van der Waals surface area (Å²) in [6.45, 7) is 8.70. The number of likely N-dealkylation sites (tertiary alicyclic amines) is 1. The summed E-state index contributed by atoms with van der Waals surface area (Å²) in [7, 11) is 0. The van der Waals surface area contributed by atoms with Gasteiger partial charge in [0.05, 0.1) is 12.1 Å². The monoisotopic (exact) mass is 393 g/mol. The Kier molecular flexibility index (Phi) is 6.23. The van der Waals surface area contributed by atoms with E-state index in [2.05, 4.69) is 5.32 Å². The van der Waals surface area contributed by atoms with Crippen LogP contribution in [0.1, 0.15) is 47.5 Å². The fraction of sp³-hybridized carbons (Fsp3) is 0.650. The number of carbonyl (C=O) groups is 3. The molecule has 2 aliphatic rings. The van der Waals surface area contributed by atoms with Gasteiger partial charge in [0.15, 0.2) is 0 Å². The minimum absolute atomic E-state index is 0.0153. The van der Waals surface area contributed by atoms with E-state index in [1.54, 1.807) is 20.8 Å². The van der Waals surface area contributed by atoms with Crippen molar-refractivity contribution in [1.29, 1.82) is 0 Å². The quantitative estimate of drug-likeness (QED) is 0.663. The van der Waals surface area contributed by atoms with E-state index in [9.17, 15) is 19.5 Å². The summed E-state index contributed by atoms with van der Waals surface area (Å²) in [5.74, 6) is -1.36. The first-order valence-electron chi connectivity index (χ1n) is 9.44. The van der Waals surface area contributed by atoms with Crippen molar-refractivity contribution in [3.63, 3.8) is 0 Å². The fourth-order valence-corrected chi connectivity index (χ4v) is 3.80. The SMILES string of the molecule is CC1=CC=C(C)C([C@]2(O)C[C@@H](C(N)=O)N(C(=O)CNC(=O)OC(C)(C)C)C2)C1. The summed E-state index contributed by atoms with van der Waals surface area (Å²) in [5.41, 5.74) is 5.67. The molecule has 4 N–H and O–H groups in total. The van der Waals surface area contributed by atoms with Crippen LogP contribution in [0.4, 0.5) is 4.79 Å². The molecule has 1 heterocycles. The number of hydrogen-bond donors (Lipinski definition) is 3. The zero-order chi connectivity index (χ0) is 21.3. The van der Waals surface area contributed by atoms with E-state index < -0.39 is 35.2 Å². The highest BCUT2D eigenvalue weighted by Gasteiger charge is 2.51. The molecule has 0 aromatic heterocycles. The molecule has 1 aliphatic heterocycles. The molecule has 2 rings (SSSR count). The number of nitrogens with one attached hydrogen (secondary N) is 1. The molecule has 0 saturated carbocycles. The average molecular weight is 393 g/mol. The number of primary amides is 1. The van der Waals surface area contributed by atoms with Crippen LogP contribution in [-0.2, 0) is 14.3 Å². The lowest BCUT2D eigenvalue weighted by Crippen LogP contribution is -2.49. The molecule has 0 aromatic rings. The minimum atomic E-state index is -1.25. The van der Waals surface area contributed by atoms with Crippen molar-refractivity contribution in [2.75, 3.05) is 13.1 Å². The minimum Gasteiger partial charge on any atom is -0.444 e. The van der Waals surface area contributed by atoms with Crippen molar-refractivity contribution in [3.05, 3.63) is 23.3 Å². The highest BCUT2D eigenvalue weighted by Crippen LogP contribution is 2.41. The molecule has 0 bridgehead atoms. The smallest absolute Gasteiger partial charge is 0.408 e. The normalized spacial score (nSPS) is 27.7. The Morgan fingerprint density at radius 1 is 1.32 bits per heavy atom. The number of nitrogens with two attached hydrogens (primary N) is 1. The first-order chi connectivity index (χ1) is 12.8. The predicted molar refractivity (Wildman–Crippen MR) is 104 cm³/mol. The van der Waals surface area contributed by atoms with Gasteiger partial charge in [-0.1, -0.05) is 23.3 Å². The lowest BCUT2D eigenvalue weighted by atomic mass is 9.75. The lowest BCUT2D eigenvalue weighted by Gasteiger charge is -2.35. The largest absolute Gasteiger partial charge is 0.444 e. The van der Waals surface area contributed by atoms with E-state index in [4.69, 9.17) is 10.5 Å². The van der Waals surface area contributed by atoms with Crippen LogP contribution in [0.3, 0.4) is 0 Å². The van der Waals surface area contributed by atoms with Crippen molar-refractivity contribution >= 4 is 17.9 Å². The summed E-state index contributed by atoms with van der Waals surface area (Å²) < 4.78 is 5.11. The molecule has 1 aliphatic carbocycles. The molecule has 0 spiro atoms. The number of alkyl carbamates (subject to hydrolysis) is 1. The van der Waals surface area contributed by atoms with Crippen LogP contribution >= 0.6 is 0 Å². The van der Waals surface area contributed by atoms with E-state index in [0.29, 0.717) is 6.42 Å². The zero-order valence-corrected chi connectivity index (χ0v) is 17.2. The van der Waals surface area contributed by atoms with E-state index in [-0.39, 0.29) is 25.4 Å². The van der Waals surface area contributed by atoms with Crippen LogP contribution in [0.2, 0.25) is 0 Å². The van der Waals surface area contributed by atoms with Gasteiger partial charge in [-0.15, -0.1) is 0 Å². The summed E-state index contributed by atoms with van der Waals surface area (Å²) in [4.78, 5) is 37.6. The molecule has 1 unspecified atom stereocenters. The predicted octanol–water partition coefficient (Wildman–Crippen LogP) is 1.24. The van der Waals surface area contributed by atoms with Gasteiger partial charge in [0.1, 0.15) is 18.2 Å². The van der Waals surface area contributed by atoms with E-state index >= 15 is 0 Å². The van der Waals surface area contributed by atoms with Gasteiger partial charge in [-0.2, -0.15) is 0 Å². The molecule has 3 amide bonds. The maximum Gasteiger partial charge on any atom is 0.408 e. The van der Waals surface area contributed by atoms with Crippen molar-refractivity contribution < 1.29 is 24.2 Å². The van der Waals surface area contributed by atoms with Crippen LogP contribution in [0.5, 0.6) is 0 Å². The number of ether oxygens (including phenoxy) is 1. The number of rotatable bonds is 4. The van der Waals surface area contributed by atoms with Crippen molar-refractivity contribution in [2.45, 2.75) is 64.7 Å². The topological polar surface area (TPSA) is 122 Å². The van der Waals surface area contributed by atoms with Crippen LogP contribution in [-0.4, -0.2) is 58.2 Å².